The van der Waals surface area contributed by atoms with Crippen LogP contribution in [0.1, 0.15) is 25.0 Å². The fraction of sp³-hybridized carbons (Fsp3) is 0.286. The van der Waals surface area contributed by atoms with E-state index in [0.717, 1.165) is 13.8 Å². The van der Waals surface area contributed by atoms with Gasteiger partial charge in [-0.15, -0.1) is 0 Å². The van der Waals surface area contributed by atoms with Crippen molar-refractivity contribution in [3.05, 3.63) is 46.0 Å². The molecule has 0 unspecified atom stereocenters. The van der Waals surface area contributed by atoms with Crippen molar-refractivity contribution in [3.63, 3.8) is 0 Å². The van der Waals surface area contributed by atoms with Gasteiger partial charge in [0.15, 0.2) is 23.3 Å². The van der Waals surface area contributed by atoms with Gasteiger partial charge in [0, 0.05) is 11.1 Å². The molecule has 0 aromatic heterocycles. The highest BCUT2D eigenvalue weighted by Gasteiger charge is 2.27. The van der Waals surface area contributed by atoms with Crippen LogP contribution in [0.15, 0.2) is 0 Å². The lowest BCUT2D eigenvalue weighted by molar-refractivity contribution is 0.472. The topological polar surface area (TPSA) is 0 Å². The van der Waals surface area contributed by atoms with E-state index >= 15 is 0 Å². The van der Waals surface area contributed by atoms with Crippen LogP contribution < -0.4 is 0 Å². The third-order valence-electron chi connectivity index (χ3n) is 2.83. The van der Waals surface area contributed by atoms with Crippen molar-refractivity contribution in [3.8, 4) is 0 Å². The maximum Gasteiger partial charge on any atom is 0.170 e. The highest BCUT2D eigenvalue weighted by molar-refractivity contribution is 5.87. The van der Waals surface area contributed by atoms with E-state index in [0.29, 0.717) is 0 Å². The number of halogens is 6. The standard InChI is InChI=1S/C12H6F6.C2H6/c1-3-7(13)5-6(11(17)9(3)15)8(14)4(2)10(16)12(5)18;1-2/h1-2H3;1-2H3. The van der Waals surface area contributed by atoms with Gasteiger partial charge in [-0.25, -0.2) is 26.3 Å². The first-order valence-corrected chi connectivity index (χ1v) is 5.88. The predicted molar refractivity (Wildman–Crippen MR) is 64.5 cm³/mol. The Morgan fingerprint density at radius 3 is 0.950 bits per heavy atom. The van der Waals surface area contributed by atoms with Crippen molar-refractivity contribution in [2.45, 2.75) is 27.7 Å². The van der Waals surface area contributed by atoms with Gasteiger partial charge < -0.3 is 0 Å². The predicted octanol–water partition coefficient (Wildman–Crippen LogP) is 5.32. The Morgan fingerprint density at radius 2 is 0.700 bits per heavy atom. The summed E-state index contributed by atoms with van der Waals surface area (Å²) in [5, 5.41) is -2.43. The largest absolute Gasteiger partial charge is 0.206 e. The Balaban J connectivity index is 0.000000956. The highest BCUT2D eigenvalue weighted by atomic mass is 19.2. The summed E-state index contributed by atoms with van der Waals surface area (Å²) in [4.78, 5) is 0. The Morgan fingerprint density at radius 1 is 0.450 bits per heavy atom. The molecule has 0 saturated heterocycles. The maximum absolute atomic E-state index is 13.6. The molecule has 2 rings (SSSR count). The van der Waals surface area contributed by atoms with Crippen molar-refractivity contribution < 1.29 is 26.3 Å². The van der Waals surface area contributed by atoms with Crippen LogP contribution in [0.5, 0.6) is 0 Å². The van der Waals surface area contributed by atoms with Gasteiger partial charge in [0.2, 0.25) is 0 Å². The zero-order valence-electron chi connectivity index (χ0n) is 11.3. The molecule has 2 aromatic carbocycles. The van der Waals surface area contributed by atoms with Gasteiger partial charge in [-0.05, 0) is 13.8 Å². The molecular weight excluding hydrogens is 282 g/mol. The van der Waals surface area contributed by atoms with Crippen molar-refractivity contribution in [2.75, 3.05) is 0 Å². The molecule has 0 nitrogen and oxygen atoms in total. The minimum atomic E-state index is -1.73. The van der Waals surface area contributed by atoms with Gasteiger partial charge in [0.1, 0.15) is 11.6 Å². The second kappa shape index (κ2) is 5.73. The quantitative estimate of drug-likeness (QED) is 0.456. The summed E-state index contributed by atoms with van der Waals surface area (Å²) in [6.45, 7) is 5.70. The van der Waals surface area contributed by atoms with Crippen LogP contribution in [0.25, 0.3) is 10.8 Å². The summed E-state index contributed by atoms with van der Waals surface area (Å²) in [7, 11) is 0. The van der Waals surface area contributed by atoms with Crippen LogP contribution >= 0.6 is 0 Å². The van der Waals surface area contributed by atoms with E-state index in [1.54, 1.807) is 0 Å². The Bertz CT molecular complexity index is 563. The number of hydrogen-bond donors (Lipinski definition) is 0. The Labute approximate surface area is 112 Å². The van der Waals surface area contributed by atoms with Gasteiger partial charge in [0.05, 0.1) is 10.8 Å². The molecule has 0 atom stereocenters. The molecule has 0 N–H and O–H groups in total. The summed E-state index contributed by atoms with van der Waals surface area (Å²) in [5.74, 6) is -9.74. The molecule has 0 amide bonds. The molecule has 0 heterocycles. The lowest BCUT2D eigenvalue weighted by Gasteiger charge is -2.11. The molecule has 0 bridgehead atoms. The van der Waals surface area contributed by atoms with Crippen LogP contribution in [0.2, 0.25) is 0 Å². The molecule has 0 fully saturated rings. The van der Waals surface area contributed by atoms with E-state index in [9.17, 15) is 26.3 Å². The molecule has 20 heavy (non-hydrogen) atoms. The summed E-state index contributed by atoms with van der Waals surface area (Å²) in [6, 6.07) is 0. The lowest BCUT2D eigenvalue weighted by atomic mass is 10.0. The first-order chi connectivity index (χ1) is 9.29. The van der Waals surface area contributed by atoms with Crippen LogP contribution in [0.4, 0.5) is 26.3 Å². The number of fused-ring (bicyclic) bond motifs is 1. The summed E-state index contributed by atoms with van der Waals surface area (Å²) in [5.41, 5.74) is -1.66. The summed E-state index contributed by atoms with van der Waals surface area (Å²) in [6.07, 6.45) is 0. The molecular formula is C14H12F6. The molecule has 2 aromatic rings. The van der Waals surface area contributed by atoms with Gasteiger partial charge in [-0.1, -0.05) is 13.8 Å². The average molecular weight is 294 g/mol. The molecule has 0 radical (unpaired) electrons. The third kappa shape index (κ3) is 2.13. The normalized spacial score (nSPS) is 10.5. The third-order valence-corrected chi connectivity index (χ3v) is 2.83. The van der Waals surface area contributed by atoms with E-state index in [4.69, 9.17) is 0 Å². The van der Waals surface area contributed by atoms with Crippen LogP contribution in [0, 0.1) is 48.8 Å². The summed E-state index contributed by atoms with van der Waals surface area (Å²) < 4.78 is 80.8. The lowest BCUT2D eigenvalue weighted by Crippen LogP contribution is -2.05. The molecule has 0 aliphatic carbocycles. The maximum atomic E-state index is 13.6. The smallest absolute Gasteiger partial charge is 0.170 e. The summed E-state index contributed by atoms with van der Waals surface area (Å²) >= 11 is 0. The number of rotatable bonds is 0. The van der Waals surface area contributed by atoms with Crippen molar-refractivity contribution >= 4 is 10.8 Å². The minimum Gasteiger partial charge on any atom is -0.206 e. The van der Waals surface area contributed by atoms with E-state index < -0.39 is 56.8 Å². The molecule has 0 spiro atoms. The monoisotopic (exact) mass is 294 g/mol. The molecule has 0 saturated carbocycles. The van der Waals surface area contributed by atoms with Gasteiger partial charge in [0.25, 0.3) is 0 Å². The van der Waals surface area contributed by atoms with Gasteiger partial charge in [-0.3, -0.25) is 0 Å². The molecule has 0 aliphatic rings. The molecule has 110 valence electrons. The fourth-order valence-electron chi connectivity index (χ4n) is 1.75. The van der Waals surface area contributed by atoms with Crippen molar-refractivity contribution in [1.29, 1.82) is 0 Å². The van der Waals surface area contributed by atoms with E-state index in [1.807, 2.05) is 13.8 Å². The second-order valence-corrected chi connectivity index (χ2v) is 3.88. The first-order valence-electron chi connectivity index (χ1n) is 5.88. The van der Waals surface area contributed by atoms with Crippen LogP contribution in [0.3, 0.4) is 0 Å². The second-order valence-electron chi connectivity index (χ2n) is 3.88. The zero-order chi connectivity index (χ0) is 15.8. The Kier molecular flexibility index (Phi) is 4.68. The first kappa shape index (κ1) is 16.3. The average Bonchev–Trinajstić information content (AvgIpc) is 2.46. The minimum absolute atomic E-state index is 0.832. The Hall–Kier alpha value is -1.72. The molecule has 0 aliphatic heterocycles. The zero-order valence-corrected chi connectivity index (χ0v) is 11.3. The van der Waals surface area contributed by atoms with E-state index in [2.05, 4.69) is 0 Å². The van der Waals surface area contributed by atoms with Gasteiger partial charge >= 0.3 is 0 Å². The number of hydrogen-bond acceptors (Lipinski definition) is 0. The van der Waals surface area contributed by atoms with Gasteiger partial charge in [-0.2, -0.15) is 0 Å². The van der Waals surface area contributed by atoms with Crippen molar-refractivity contribution in [2.24, 2.45) is 0 Å². The van der Waals surface area contributed by atoms with Crippen LogP contribution in [-0.2, 0) is 0 Å². The van der Waals surface area contributed by atoms with Crippen LogP contribution in [-0.4, -0.2) is 0 Å². The number of benzene rings is 2. The fourth-order valence-corrected chi connectivity index (χ4v) is 1.75. The van der Waals surface area contributed by atoms with Crippen molar-refractivity contribution in [1.82, 2.24) is 0 Å². The SMILES string of the molecule is CC.Cc1c(F)c(F)c2c(F)c(C)c(F)c(F)c2c1F. The van der Waals surface area contributed by atoms with E-state index in [-0.39, 0.29) is 0 Å². The van der Waals surface area contributed by atoms with E-state index in [1.165, 1.54) is 0 Å². The molecule has 6 heteroatoms. The highest BCUT2D eigenvalue weighted by Crippen LogP contribution is 2.34.